The molecule has 8 heteroatoms. The molecular formula is C12H20N4O2S2. The zero-order valence-electron chi connectivity index (χ0n) is 12.0. The molecule has 0 bridgehead atoms. The zero-order valence-corrected chi connectivity index (χ0v) is 13.7. The van der Waals surface area contributed by atoms with Crippen LogP contribution in [0.3, 0.4) is 0 Å². The van der Waals surface area contributed by atoms with Crippen molar-refractivity contribution in [3.63, 3.8) is 0 Å². The number of aromatic nitrogens is 1. The second-order valence-electron chi connectivity index (χ2n) is 5.32. The lowest BCUT2D eigenvalue weighted by Crippen LogP contribution is -2.48. The molecule has 0 saturated heterocycles. The van der Waals surface area contributed by atoms with E-state index in [-0.39, 0.29) is 4.99 Å². The molecule has 0 aliphatic rings. The first-order valence-corrected chi connectivity index (χ1v) is 8.30. The second kappa shape index (κ2) is 6.02. The lowest BCUT2D eigenvalue weighted by Gasteiger charge is -2.26. The van der Waals surface area contributed by atoms with E-state index in [0.29, 0.717) is 17.9 Å². The van der Waals surface area contributed by atoms with E-state index in [1.54, 1.807) is 19.9 Å². The van der Waals surface area contributed by atoms with Crippen molar-refractivity contribution in [1.82, 2.24) is 9.71 Å². The Hall–Kier alpha value is -1.25. The maximum Gasteiger partial charge on any atom is 0.209 e. The minimum atomic E-state index is -3.28. The third kappa shape index (κ3) is 5.40. The summed E-state index contributed by atoms with van der Waals surface area (Å²) in [5.41, 5.74) is 6.45. The summed E-state index contributed by atoms with van der Waals surface area (Å²) in [6, 6.07) is 3.61. The Labute approximate surface area is 125 Å². The Balaban J connectivity index is 2.89. The molecule has 1 rings (SSSR count). The SMILES string of the molecule is Cc1ccc(C(N)=S)c(NCC(C)(C)NS(C)(=O)=O)n1. The van der Waals surface area contributed by atoms with Crippen molar-refractivity contribution in [3.05, 3.63) is 23.4 Å². The topological polar surface area (TPSA) is 97.1 Å². The van der Waals surface area contributed by atoms with Crippen molar-refractivity contribution in [2.24, 2.45) is 5.73 Å². The predicted octanol–water partition coefficient (Wildman–Crippen LogP) is 0.764. The highest BCUT2D eigenvalue weighted by Crippen LogP contribution is 2.15. The summed E-state index contributed by atoms with van der Waals surface area (Å²) < 4.78 is 25.1. The number of sulfonamides is 1. The van der Waals surface area contributed by atoms with Gasteiger partial charge in [0.2, 0.25) is 10.0 Å². The molecule has 0 aliphatic carbocycles. The number of nitrogens with zero attached hydrogens (tertiary/aromatic N) is 1. The number of anilines is 1. The minimum absolute atomic E-state index is 0.244. The van der Waals surface area contributed by atoms with Crippen LogP contribution in [0.1, 0.15) is 25.1 Å². The summed E-state index contributed by atoms with van der Waals surface area (Å²) in [5.74, 6) is 0.556. The maximum absolute atomic E-state index is 11.3. The molecule has 1 aromatic heterocycles. The van der Waals surface area contributed by atoms with E-state index >= 15 is 0 Å². The van der Waals surface area contributed by atoms with Gasteiger partial charge in [0, 0.05) is 17.8 Å². The fourth-order valence-corrected chi connectivity index (χ4v) is 2.97. The fourth-order valence-electron chi connectivity index (χ4n) is 1.73. The van der Waals surface area contributed by atoms with Crippen LogP contribution in [0.5, 0.6) is 0 Å². The molecule has 0 saturated carbocycles. The van der Waals surface area contributed by atoms with Crippen molar-refractivity contribution < 1.29 is 8.42 Å². The van der Waals surface area contributed by atoms with E-state index < -0.39 is 15.6 Å². The van der Waals surface area contributed by atoms with E-state index in [1.165, 1.54) is 0 Å². The van der Waals surface area contributed by atoms with Crippen LogP contribution in [0.15, 0.2) is 12.1 Å². The molecule has 1 aromatic rings. The largest absolute Gasteiger partial charge is 0.389 e. The number of aryl methyl sites for hydroxylation is 1. The van der Waals surface area contributed by atoms with Gasteiger partial charge in [-0.05, 0) is 32.9 Å². The summed E-state index contributed by atoms with van der Waals surface area (Å²) in [5, 5.41) is 3.09. The number of nitrogens with two attached hydrogens (primary N) is 1. The Morgan fingerprint density at radius 2 is 2.05 bits per heavy atom. The number of nitrogens with one attached hydrogen (secondary N) is 2. The van der Waals surface area contributed by atoms with Crippen LogP contribution in [0.4, 0.5) is 5.82 Å². The Morgan fingerprint density at radius 1 is 1.45 bits per heavy atom. The number of rotatable bonds is 6. The van der Waals surface area contributed by atoms with Gasteiger partial charge in [-0.3, -0.25) is 0 Å². The highest BCUT2D eigenvalue weighted by atomic mass is 32.2. The molecule has 0 fully saturated rings. The van der Waals surface area contributed by atoms with Crippen LogP contribution >= 0.6 is 12.2 Å². The van der Waals surface area contributed by atoms with E-state index in [2.05, 4.69) is 15.0 Å². The average Bonchev–Trinajstić information content (AvgIpc) is 2.22. The summed E-state index contributed by atoms with van der Waals surface area (Å²) in [6.45, 7) is 5.76. The maximum atomic E-state index is 11.3. The van der Waals surface area contributed by atoms with Crippen LogP contribution in [0, 0.1) is 6.92 Å². The lowest BCUT2D eigenvalue weighted by atomic mass is 10.1. The molecule has 0 unspecified atom stereocenters. The van der Waals surface area contributed by atoms with Gasteiger partial charge in [0.1, 0.15) is 10.8 Å². The molecule has 0 aliphatic heterocycles. The molecule has 20 heavy (non-hydrogen) atoms. The first-order valence-electron chi connectivity index (χ1n) is 6.00. The summed E-state index contributed by atoms with van der Waals surface area (Å²) in [6.07, 6.45) is 1.13. The Kier molecular flexibility index (Phi) is 5.06. The Bertz CT molecular complexity index is 612. The van der Waals surface area contributed by atoms with Crippen LogP contribution in [-0.4, -0.2) is 36.7 Å². The van der Waals surface area contributed by atoms with Crippen LogP contribution < -0.4 is 15.8 Å². The molecule has 0 aromatic carbocycles. The first kappa shape index (κ1) is 16.8. The lowest BCUT2D eigenvalue weighted by molar-refractivity contribution is 0.476. The van der Waals surface area contributed by atoms with Gasteiger partial charge in [-0.1, -0.05) is 12.2 Å². The summed E-state index contributed by atoms with van der Waals surface area (Å²) >= 11 is 4.97. The quantitative estimate of drug-likeness (QED) is 0.671. The molecule has 0 radical (unpaired) electrons. The minimum Gasteiger partial charge on any atom is -0.389 e. The van der Waals surface area contributed by atoms with Crippen molar-refractivity contribution >= 4 is 33.0 Å². The van der Waals surface area contributed by atoms with E-state index in [1.807, 2.05) is 13.0 Å². The molecule has 0 atom stereocenters. The highest BCUT2D eigenvalue weighted by Gasteiger charge is 2.22. The third-order valence-electron chi connectivity index (χ3n) is 2.46. The van der Waals surface area contributed by atoms with E-state index in [0.717, 1.165) is 11.9 Å². The van der Waals surface area contributed by atoms with Crippen LogP contribution in [0.25, 0.3) is 0 Å². The number of pyridine rings is 1. The molecule has 1 heterocycles. The first-order chi connectivity index (χ1) is 9.00. The number of hydrogen-bond acceptors (Lipinski definition) is 5. The standard InChI is InChI=1S/C12H20N4O2S2/c1-8-5-6-9(10(13)19)11(15-8)14-7-12(2,3)16-20(4,17)18/h5-6,16H,7H2,1-4H3,(H2,13,19)(H,14,15). The molecule has 6 nitrogen and oxygen atoms in total. The number of thiocarbonyl (C=S) groups is 1. The van der Waals surface area contributed by atoms with Crippen molar-refractivity contribution in [1.29, 1.82) is 0 Å². The van der Waals surface area contributed by atoms with Crippen molar-refractivity contribution in [2.45, 2.75) is 26.3 Å². The number of hydrogen-bond donors (Lipinski definition) is 3. The van der Waals surface area contributed by atoms with Gasteiger partial charge < -0.3 is 11.1 Å². The average molecular weight is 316 g/mol. The van der Waals surface area contributed by atoms with Gasteiger partial charge in [0.15, 0.2) is 0 Å². The van der Waals surface area contributed by atoms with Gasteiger partial charge in [-0.25, -0.2) is 18.1 Å². The normalized spacial score (nSPS) is 12.2. The van der Waals surface area contributed by atoms with Gasteiger partial charge in [0.05, 0.1) is 11.8 Å². The molecule has 4 N–H and O–H groups in total. The molecular weight excluding hydrogens is 296 g/mol. The second-order valence-corrected chi connectivity index (χ2v) is 7.51. The monoisotopic (exact) mass is 316 g/mol. The predicted molar refractivity (Wildman–Crippen MR) is 85.4 cm³/mol. The molecule has 0 amide bonds. The summed E-state index contributed by atoms with van der Waals surface area (Å²) in [4.78, 5) is 4.58. The molecule has 0 spiro atoms. The summed E-state index contributed by atoms with van der Waals surface area (Å²) in [7, 11) is -3.28. The van der Waals surface area contributed by atoms with E-state index in [9.17, 15) is 8.42 Å². The Morgan fingerprint density at radius 3 is 2.55 bits per heavy atom. The van der Waals surface area contributed by atoms with Gasteiger partial charge in [-0.15, -0.1) is 0 Å². The van der Waals surface area contributed by atoms with Gasteiger partial charge >= 0.3 is 0 Å². The molecule has 112 valence electrons. The third-order valence-corrected chi connectivity index (χ3v) is 3.60. The van der Waals surface area contributed by atoms with Crippen molar-refractivity contribution in [3.8, 4) is 0 Å². The van der Waals surface area contributed by atoms with Crippen molar-refractivity contribution in [2.75, 3.05) is 18.1 Å². The fraction of sp³-hybridized carbons (Fsp3) is 0.500. The van der Waals surface area contributed by atoms with E-state index in [4.69, 9.17) is 18.0 Å². The van der Waals surface area contributed by atoms with Crippen LogP contribution in [0.2, 0.25) is 0 Å². The van der Waals surface area contributed by atoms with Crippen LogP contribution in [-0.2, 0) is 10.0 Å². The van der Waals surface area contributed by atoms with Gasteiger partial charge in [0.25, 0.3) is 0 Å². The zero-order chi connectivity index (χ0) is 15.6. The highest BCUT2D eigenvalue weighted by molar-refractivity contribution is 7.88. The van der Waals surface area contributed by atoms with Gasteiger partial charge in [-0.2, -0.15) is 0 Å². The smallest absolute Gasteiger partial charge is 0.209 e.